The first-order chi connectivity index (χ1) is 11.4. The lowest BCUT2D eigenvalue weighted by Crippen LogP contribution is -2.34. The van der Waals surface area contributed by atoms with Gasteiger partial charge in [-0.15, -0.1) is 0 Å². The molecule has 0 saturated heterocycles. The third-order valence-corrected chi connectivity index (χ3v) is 3.35. The van der Waals surface area contributed by atoms with Crippen LogP contribution in [0.3, 0.4) is 0 Å². The van der Waals surface area contributed by atoms with Gasteiger partial charge in [0.15, 0.2) is 5.11 Å². The monoisotopic (exact) mass is 345 g/mol. The van der Waals surface area contributed by atoms with E-state index in [9.17, 15) is 14.9 Å². The molecule has 2 aromatic rings. The number of rotatable bonds is 4. The van der Waals surface area contributed by atoms with Crippen LogP contribution in [0.2, 0.25) is 0 Å². The number of ether oxygens (including phenoxy) is 1. The fraction of sp³-hybridized carbons (Fsp3) is 0.125. The number of aryl methyl sites for hydroxylation is 1. The van der Waals surface area contributed by atoms with Crippen molar-refractivity contribution in [1.29, 1.82) is 0 Å². The van der Waals surface area contributed by atoms with E-state index < -0.39 is 10.8 Å². The van der Waals surface area contributed by atoms with Crippen LogP contribution in [0.15, 0.2) is 42.5 Å². The van der Waals surface area contributed by atoms with Crippen LogP contribution in [0.1, 0.15) is 15.9 Å². The van der Waals surface area contributed by atoms with Crippen LogP contribution in [0.4, 0.5) is 11.4 Å². The summed E-state index contributed by atoms with van der Waals surface area (Å²) in [6, 6.07) is 10.9. The molecule has 2 N–H and O–H groups in total. The summed E-state index contributed by atoms with van der Waals surface area (Å²) in [6.07, 6.45) is 0. The van der Waals surface area contributed by atoms with Crippen molar-refractivity contribution in [1.82, 2.24) is 5.32 Å². The highest BCUT2D eigenvalue weighted by Crippen LogP contribution is 2.25. The molecule has 2 aromatic carbocycles. The minimum Gasteiger partial charge on any atom is -0.495 e. The molecule has 0 aromatic heterocycles. The number of nitrogens with zero attached hydrogens (tertiary/aromatic N) is 1. The quantitative estimate of drug-likeness (QED) is 0.502. The molecule has 1 amide bonds. The maximum absolute atomic E-state index is 12.1. The van der Waals surface area contributed by atoms with Gasteiger partial charge >= 0.3 is 0 Å². The molecule has 0 atom stereocenters. The zero-order valence-electron chi connectivity index (χ0n) is 13.0. The van der Waals surface area contributed by atoms with E-state index in [1.54, 1.807) is 6.07 Å². The number of hydrogen-bond donors (Lipinski definition) is 2. The second kappa shape index (κ2) is 7.51. The number of benzene rings is 2. The summed E-state index contributed by atoms with van der Waals surface area (Å²) in [6.45, 7) is 1.91. The lowest BCUT2D eigenvalue weighted by atomic mass is 10.2. The predicted molar refractivity (Wildman–Crippen MR) is 94.5 cm³/mol. The maximum atomic E-state index is 12.1. The Bertz CT molecular complexity index is 808. The smallest absolute Gasteiger partial charge is 0.270 e. The molecule has 0 bridgehead atoms. The Kier molecular flexibility index (Phi) is 5.43. The van der Waals surface area contributed by atoms with E-state index >= 15 is 0 Å². The molecule has 0 fully saturated rings. The molecule has 0 saturated carbocycles. The second-order valence-electron chi connectivity index (χ2n) is 4.92. The Morgan fingerprint density at radius 3 is 2.67 bits per heavy atom. The first kappa shape index (κ1) is 17.4. The number of carbonyl (C=O) groups is 1. The van der Waals surface area contributed by atoms with Crippen molar-refractivity contribution in [3.05, 3.63) is 63.7 Å². The van der Waals surface area contributed by atoms with Gasteiger partial charge in [0.05, 0.1) is 17.7 Å². The molecular weight excluding hydrogens is 330 g/mol. The molecule has 0 aliphatic carbocycles. The fourth-order valence-electron chi connectivity index (χ4n) is 2.01. The van der Waals surface area contributed by atoms with Crippen molar-refractivity contribution in [2.45, 2.75) is 6.92 Å². The van der Waals surface area contributed by atoms with Gasteiger partial charge in [-0.2, -0.15) is 0 Å². The lowest BCUT2D eigenvalue weighted by molar-refractivity contribution is -0.384. The van der Waals surface area contributed by atoms with E-state index in [1.807, 2.05) is 19.1 Å². The zero-order chi connectivity index (χ0) is 17.7. The summed E-state index contributed by atoms with van der Waals surface area (Å²) < 4.78 is 5.22. The molecule has 2 rings (SSSR count). The van der Waals surface area contributed by atoms with Gasteiger partial charge in [0.1, 0.15) is 5.75 Å². The van der Waals surface area contributed by atoms with E-state index in [0.29, 0.717) is 11.4 Å². The summed E-state index contributed by atoms with van der Waals surface area (Å²) in [7, 11) is 1.53. The lowest BCUT2D eigenvalue weighted by Gasteiger charge is -2.13. The third-order valence-electron chi connectivity index (χ3n) is 3.15. The Labute approximate surface area is 143 Å². The normalized spacial score (nSPS) is 9.92. The minimum absolute atomic E-state index is 0.0652. The molecule has 24 heavy (non-hydrogen) atoms. The van der Waals surface area contributed by atoms with Gasteiger partial charge in [-0.3, -0.25) is 20.2 Å². The van der Waals surface area contributed by atoms with Gasteiger partial charge in [0.2, 0.25) is 0 Å². The minimum atomic E-state index is -0.565. The van der Waals surface area contributed by atoms with Crippen molar-refractivity contribution in [2.24, 2.45) is 0 Å². The van der Waals surface area contributed by atoms with Crippen LogP contribution < -0.4 is 15.4 Å². The van der Waals surface area contributed by atoms with Crippen molar-refractivity contribution < 1.29 is 14.5 Å². The first-order valence-electron chi connectivity index (χ1n) is 6.92. The number of nitro groups is 1. The Hall–Kier alpha value is -3.00. The summed E-state index contributed by atoms with van der Waals surface area (Å²) in [4.78, 5) is 22.3. The summed E-state index contributed by atoms with van der Waals surface area (Å²) >= 11 is 5.11. The molecule has 0 unspecified atom stereocenters. The number of non-ortho nitro benzene ring substituents is 1. The van der Waals surface area contributed by atoms with Crippen LogP contribution >= 0.6 is 12.2 Å². The average Bonchev–Trinajstić information content (AvgIpc) is 2.55. The van der Waals surface area contributed by atoms with Crippen LogP contribution in [0.25, 0.3) is 0 Å². The molecule has 0 aliphatic heterocycles. The largest absolute Gasteiger partial charge is 0.495 e. The van der Waals surface area contributed by atoms with Crippen molar-refractivity contribution in [2.75, 3.05) is 12.4 Å². The summed E-state index contributed by atoms with van der Waals surface area (Å²) in [5.41, 5.74) is 1.58. The van der Waals surface area contributed by atoms with E-state index in [1.165, 1.54) is 31.4 Å². The van der Waals surface area contributed by atoms with Crippen molar-refractivity contribution in [3.63, 3.8) is 0 Å². The molecule has 0 radical (unpaired) electrons. The SMILES string of the molecule is COc1ccc(C)cc1NC(=S)NC(=O)c1cccc([N+](=O)[O-])c1. The molecule has 7 nitrogen and oxygen atoms in total. The van der Waals surface area contributed by atoms with Gasteiger partial charge in [-0.1, -0.05) is 12.1 Å². The van der Waals surface area contributed by atoms with Crippen molar-refractivity contribution in [3.8, 4) is 5.75 Å². The van der Waals surface area contributed by atoms with Crippen LogP contribution in [-0.4, -0.2) is 23.1 Å². The van der Waals surface area contributed by atoms with E-state index in [2.05, 4.69) is 10.6 Å². The van der Waals surface area contributed by atoms with Crippen molar-refractivity contribution >= 4 is 34.6 Å². The topological polar surface area (TPSA) is 93.5 Å². The van der Waals surface area contributed by atoms with Crippen LogP contribution in [0.5, 0.6) is 5.75 Å². The summed E-state index contributed by atoms with van der Waals surface area (Å²) in [5.74, 6) is 0.0374. The number of carbonyl (C=O) groups excluding carboxylic acids is 1. The number of nitro benzene ring substituents is 1. The highest BCUT2D eigenvalue weighted by molar-refractivity contribution is 7.80. The molecule has 0 heterocycles. The highest BCUT2D eigenvalue weighted by Gasteiger charge is 2.13. The number of anilines is 1. The molecule has 0 spiro atoms. The first-order valence-corrected chi connectivity index (χ1v) is 7.33. The number of amides is 1. The Morgan fingerprint density at radius 2 is 2.00 bits per heavy atom. The maximum Gasteiger partial charge on any atom is 0.270 e. The van der Waals surface area contributed by atoms with Gasteiger partial charge in [-0.05, 0) is 42.9 Å². The van der Waals surface area contributed by atoms with Gasteiger partial charge in [0, 0.05) is 17.7 Å². The second-order valence-corrected chi connectivity index (χ2v) is 5.33. The van der Waals surface area contributed by atoms with Gasteiger partial charge in [0.25, 0.3) is 11.6 Å². The molecule has 124 valence electrons. The fourth-order valence-corrected chi connectivity index (χ4v) is 2.21. The Balaban J connectivity index is 2.10. The molecular formula is C16H15N3O4S. The number of nitrogens with one attached hydrogen (secondary N) is 2. The number of methoxy groups -OCH3 is 1. The van der Waals surface area contributed by atoms with E-state index in [4.69, 9.17) is 17.0 Å². The Morgan fingerprint density at radius 1 is 1.25 bits per heavy atom. The predicted octanol–water partition coefficient (Wildman–Crippen LogP) is 3.04. The zero-order valence-corrected chi connectivity index (χ0v) is 13.8. The summed E-state index contributed by atoms with van der Waals surface area (Å²) in [5, 5.41) is 16.2. The highest BCUT2D eigenvalue weighted by atomic mass is 32.1. The van der Waals surface area contributed by atoms with Crippen LogP contribution in [-0.2, 0) is 0 Å². The standard InChI is InChI=1S/C16H15N3O4S/c1-10-6-7-14(23-2)13(8-10)17-16(24)18-15(20)11-4-3-5-12(9-11)19(21)22/h3-9H,1-2H3,(H2,17,18,20,24). The van der Waals surface area contributed by atoms with Crippen LogP contribution in [0, 0.1) is 17.0 Å². The van der Waals surface area contributed by atoms with E-state index in [0.717, 1.165) is 5.56 Å². The molecule has 0 aliphatic rings. The van der Waals surface area contributed by atoms with E-state index in [-0.39, 0.29) is 16.4 Å². The number of thiocarbonyl (C=S) groups is 1. The number of hydrogen-bond acceptors (Lipinski definition) is 5. The average molecular weight is 345 g/mol. The third kappa shape index (κ3) is 4.26. The molecule has 8 heteroatoms. The van der Waals surface area contributed by atoms with Gasteiger partial charge in [-0.25, -0.2) is 0 Å². The van der Waals surface area contributed by atoms with Gasteiger partial charge < -0.3 is 10.1 Å².